The number of carbonyl (C=O) groups is 2. The number of carboxylic acids is 1. The zero-order valence-corrected chi connectivity index (χ0v) is 19.3. The summed E-state index contributed by atoms with van der Waals surface area (Å²) in [6, 6.07) is 8.31. The van der Waals surface area contributed by atoms with Crippen molar-refractivity contribution in [3.05, 3.63) is 33.6 Å². The van der Waals surface area contributed by atoms with Gasteiger partial charge in [0.2, 0.25) is 0 Å². The molecule has 2 N–H and O–H groups in total. The molecule has 0 unspecified atom stereocenters. The number of aromatic carboxylic acids is 1. The number of nitrogens with zero attached hydrogens (tertiary/aromatic N) is 1. The average Bonchev–Trinajstić information content (AvgIpc) is 3.05. The first-order valence-electron chi connectivity index (χ1n) is 9.78. The highest BCUT2D eigenvalue weighted by atomic mass is 79.9. The number of anilines is 1. The summed E-state index contributed by atoms with van der Waals surface area (Å²) in [5.74, 6) is -1.51. The van der Waals surface area contributed by atoms with Crippen LogP contribution >= 0.6 is 27.3 Å². The highest BCUT2D eigenvalue weighted by Crippen LogP contribution is 2.46. The van der Waals surface area contributed by atoms with Gasteiger partial charge in [0.05, 0.1) is 16.0 Å². The fourth-order valence-corrected chi connectivity index (χ4v) is 5.21. The molecule has 7 nitrogen and oxygen atoms in total. The van der Waals surface area contributed by atoms with Gasteiger partial charge >= 0.3 is 11.9 Å². The van der Waals surface area contributed by atoms with E-state index in [1.54, 1.807) is 6.92 Å². The van der Waals surface area contributed by atoms with Crippen molar-refractivity contribution in [3.63, 3.8) is 0 Å². The minimum absolute atomic E-state index is 0.0369. The van der Waals surface area contributed by atoms with Crippen LogP contribution in [0.3, 0.4) is 0 Å². The molecule has 1 aromatic heterocycles. The summed E-state index contributed by atoms with van der Waals surface area (Å²) in [5, 5.41) is 13.2. The summed E-state index contributed by atoms with van der Waals surface area (Å²) in [5.41, 5.74) is 1.87. The van der Waals surface area contributed by atoms with E-state index in [1.807, 2.05) is 24.3 Å². The Balaban J connectivity index is 1.82. The molecule has 0 saturated carbocycles. The lowest BCUT2D eigenvalue weighted by Gasteiger charge is -2.30. The lowest BCUT2D eigenvalue weighted by Crippen LogP contribution is -2.36. The Labute approximate surface area is 188 Å². The third-order valence-corrected chi connectivity index (χ3v) is 7.08. The number of carbonyl (C=O) groups excluding carboxylic acids is 1. The molecule has 3 rings (SSSR count). The molecule has 2 aromatic rings. The number of benzene rings is 1. The van der Waals surface area contributed by atoms with Crippen molar-refractivity contribution >= 4 is 44.9 Å². The monoisotopic (exact) mass is 496 g/mol. The number of carboxylic acid groups (broad SMARTS) is 1. The van der Waals surface area contributed by atoms with Crippen molar-refractivity contribution in [2.45, 2.75) is 25.8 Å². The van der Waals surface area contributed by atoms with Gasteiger partial charge in [-0.1, -0.05) is 12.1 Å². The summed E-state index contributed by atoms with van der Waals surface area (Å²) in [6.45, 7) is 3.72. The first-order valence-corrected chi connectivity index (χ1v) is 11.4. The number of halogens is 1. The number of esters is 1. The van der Waals surface area contributed by atoms with Crippen molar-refractivity contribution in [1.29, 1.82) is 0 Å². The Morgan fingerprint density at radius 3 is 2.73 bits per heavy atom. The average molecular weight is 497 g/mol. The van der Waals surface area contributed by atoms with Crippen molar-refractivity contribution < 1.29 is 24.2 Å². The summed E-state index contributed by atoms with van der Waals surface area (Å²) in [4.78, 5) is 26.4. The topological polar surface area (TPSA) is 88.1 Å². The molecule has 30 heavy (non-hydrogen) atoms. The van der Waals surface area contributed by atoms with Crippen LogP contribution in [0, 0.1) is 0 Å². The molecule has 0 aliphatic carbocycles. The van der Waals surface area contributed by atoms with Crippen LogP contribution in [0.5, 0.6) is 5.75 Å². The van der Waals surface area contributed by atoms with E-state index in [4.69, 9.17) is 9.47 Å². The van der Waals surface area contributed by atoms with Crippen LogP contribution < -0.4 is 10.1 Å². The number of likely N-dealkylation sites (tertiary alicyclic amines) is 1. The minimum atomic E-state index is -1.11. The molecule has 9 heteroatoms. The lowest BCUT2D eigenvalue weighted by molar-refractivity contribution is -0.145. The number of piperidine rings is 1. The first kappa shape index (κ1) is 22.6. The molecule has 0 atom stereocenters. The van der Waals surface area contributed by atoms with Crippen molar-refractivity contribution in [3.8, 4) is 16.2 Å². The Morgan fingerprint density at radius 2 is 2.07 bits per heavy atom. The molecule has 0 bridgehead atoms. The largest absolute Gasteiger partial charge is 0.479 e. The van der Waals surface area contributed by atoms with Gasteiger partial charge in [-0.15, -0.1) is 11.3 Å². The zero-order chi connectivity index (χ0) is 21.7. The quantitative estimate of drug-likeness (QED) is 0.525. The summed E-state index contributed by atoms with van der Waals surface area (Å²) < 4.78 is 10.9. The molecule has 0 amide bonds. The maximum absolute atomic E-state index is 11.7. The molecule has 1 aromatic carbocycles. The van der Waals surface area contributed by atoms with Gasteiger partial charge in [-0.25, -0.2) is 9.59 Å². The number of hydrogen-bond acceptors (Lipinski definition) is 7. The second kappa shape index (κ2) is 10.3. The van der Waals surface area contributed by atoms with E-state index in [1.165, 1.54) is 0 Å². The van der Waals surface area contributed by atoms with Crippen LogP contribution in [0.2, 0.25) is 0 Å². The standard InChI is InChI=1S/C21H25BrN2O5S/c1-3-28-16(25)12-29-18-17(22)19(30-20(18)21(26)27)13-5-4-6-15(11-13)23-14-7-9-24(2)10-8-14/h4-6,11,14,23H,3,7-10,12H2,1-2H3,(H,26,27). The minimum Gasteiger partial charge on any atom is -0.479 e. The van der Waals surface area contributed by atoms with Gasteiger partial charge in [-0.3, -0.25) is 0 Å². The Kier molecular flexibility index (Phi) is 7.74. The van der Waals surface area contributed by atoms with Crippen molar-refractivity contribution in [1.82, 2.24) is 4.90 Å². The number of rotatable bonds is 8. The van der Waals surface area contributed by atoms with E-state index in [0.717, 1.165) is 53.4 Å². The molecule has 0 spiro atoms. The van der Waals surface area contributed by atoms with Gasteiger partial charge in [0.25, 0.3) is 0 Å². The molecular formula is C21H25BrN2O5S. The van der Waals surface area contributed by atoms with Crippen LogP contribution in [-0.2, 0) is 9.53 Å². The Bertz CT molecular complexity index is 909. The van der Waals surface area contributed by atoms with E-state index in [0.29, 0.717) is 10.5 Å². The van der Waals surface area contributed by atoms with Crippen molar-refractivity contribution in [2.24, 2.45) is 0 Å². The van der Waals surface area contributed by atoms with Crippen LogP contribution in [0.4, 0.5) is 5.69 Å². The molecule has 1 fully saturated rings. The van der Waals surface area contributed by atoms with Crippen LogP contribution in [0.25, 0.3) is 10.4 Å². The number of ether oxygens (including phenoxy) is 2. The van der Waals surface area contributed by atoms with Crippen molar-refractivity contribution in [2.75, 3.05) is 38.7 Å². The van der Waals surface area contributed by atoms with Crippen LogP contribution in [-0.4, -0.2) is 61.3 Å². The van der Waals surface area contributed by atoms with Crippen LogP contribution in [0.1, 0.15) is 29.4 Å². The highest BCUT2D eigenvalue weighted by Gasteiger charge is 2.25. The first-order chi connectivity index (χ1) is 14.4. The number of nitrogens with one attached hydrogen (secondary N) is 1. The molecule has 1 aliphatic rings. The second-order valence-electron chi connectivity index (χ2n) is 7.10. The molecule has 162 valence electrons. The molecular weight excluding hydrogens is 472 g/mol. The maximum Gasteiger partial charge on any atom is 0.349 e. The molecule has 1 saturated heterocycles. The summed E-state index contributed by atoms with van der Waals surface area (Å²) >= 11 is 4.58. The third kappa shape index (κ3) is 5.53. The third-order valence-electron chi connectivity index (χ3n) is 4.86. The van der Waals surface area contributed by atoms with Gasteiger partial charge in [0, 0.05) is 11.7 Å². The van der Waals surface area contributed by atoms with E-state index >= 15 is 0 Å². The Hall–Kier alpha value is -2.10. The summed E-state index contributed by atoms with van der Waals surface area (Å²) in [6.07, 6.45) is 2.16. The summed E-state index contributed by atoms with van der Waals surface area (Å²) in [7, 11) is 2.13. The van der Waals surface area contributed by atoms with Gasteiger partial charge in [0.1, 0.15) is 0 Å². The highest BCUT2D eigenvalue weighted by molar-refractivity contribution is 9.10. The van der Waals surface area contributed by atoms with Gasteiger partial charge in [-0.2, -0.15) is 0 Å². The second-order valence-corrected chi connectivity index (χ2v) is 8.92. The normalized spacial score (nSPS) is 15.0. The maximum atomic E-state index is 11.7. The fourth-order valence-electron chi connectivity index (χ4n) is 3.32. The Morgan fingerprint density at radius 1 is 1.33 bits per heavy atom. The van der Waals surface area contributed by atoms with Gasteiger partial charge in [-0.05, 0) is 73.5 Å². The predicted molar refractivity (Wildman–Crippen MR) is 121 cm³/mol. The molecule has 0 radical (unpaired) electrons. The van der Waals surface area contributed by atoms with E-state index in [-0.39, 0.29) is 23.8 Å². The van der Waals surface area contributed by atoms with E-state index in [9.17, 15) is 14.7 Å². The smallest absolute Gasteiger partial charge is 0.349 e. The van der Waals surface area contributed by atoms with Gasteiger partial charge < -0.3 is 24.8 Å². The van der Waals surface area contributed by atoms with E-state index < -0.39 is 11.9 Å². The van der Waals surface area contributed by atoms with E-state index in [2.05, 4.69) is 33.2 Å². The number of thiophene rings is 1. The molecule has 2 heterocycles. The number of hydrogen-bond donors (Lipinski definition) is 2. The van der Waals surface area contributed by atoms with Gasteiger partial charge in [0.15, 0.2) is 17.2 Å². The predicted octanol–water partition coefficient (Wildman–Crippen LogP) is 4.32. The molecule has 1 aliphatic heterocycles. The SMILES string of the molecule is CCOC(=O)COc1c(C(=O)O)sc(-c2cccc(NC3CCN(C)CC3)c2)c1Br. The lowest BCUT2D eigenvalue weighted by atomic mass is 10.0. The van der Waals surface area contributed by atoms with Crippen LogP contribution in [0.15, 0.2) is 28.7 Å². The zero-order valence-electron chi connectivity index (χ0n) is 16.9. The fraction of sp³-hybridized carbons (Fsp3) is 0.429.